The summed E-state index contributed by atoms with van der Waals surface area (Å²) in [4.78, 5) is 10.7. The molecule has 10 nitrogen and oxygen atoms in total. The topological polar surface area (TPSA) is 126 Å². The summed E-state index contributed by atoms with van der Waals surface area (Å²) >= 11 is -0.751. The van der Waals surface area contributed by atoms with E-state index in [1.807, 2.05) is 0 Å². The first-order valence-corrected chi connectivity index (χ1v) is 9.56. The number of aromatic nitrogens is 2. The summed E-state index contributed by atoms with van der Waals surface area (Å²) < 4.78 is 27.7. The Hall–Kier alpha value is -3.09. The van der Waals surface area contributed by atoms with Gasteiger partial charge < -0.3 is 9.47 Å². The van der Waals surface area contributed by atoms with Crippen molar-refractivity contribution in [1.82, 2.24) is 10.2 Å². The monoisotopic (exact) mass is 422 g/mol. The summed E-state index contributed by atoms with van der Waals surface area (Å²) in [6, 6.07) is 10.7. The molecule has 12 heteroatoms. The van der Waals surface area contributed by atoms with Crippen molar-refractivity contribution < 1.29 is 22.9 Å². The molecule has 28 heavy (non-hydrogen) atoms. The Labute approximate surface area is 165 Å². The standard InChI is InChI=1S/C16H14N4O6S2/c1-24-13-7-6-12(9-14(13)25-2)28(23)26-19-16-18-17-15(27-16)10-4-3-5-11(8-10)20(21)22/h3-9H,1-2H3,(H,18,19). The van der Waals surface area contributed by atoms with Crippen LogP contribution in [0.2, 0.25) is 0 Å². The molecule has 3 rings (SSSR count). The molecule has 2 aromatic carbocycles. The number of nitro benzene ring substituents is 1. The van der Waals surface area contributed by atoms with Crippen LogP contribution in [0.15, 0.2) is 47.4 Å². The highest BCUT2D eigenvalue weighted by atomic mass is 32.2. The number of hydrogen-bond acceptors (Lipinski definition) is 10. The normalized spacial score (nSPS) is 11.6. The van der Waals surface area contributed by atoms with E-state index in [9.17, 15) is 14.3 Å². The Balaban J connectivity index is 1.68. The number of anilines is 1. The van der Waals surface area contributed by atoms with Crippen molar-refractivity contribution in [1.29, 1.82) is 0 Å². The van der Waals surface area contributed by atoms with Gasteiger partial charge in [-0.3, -0.25) is 10.1 Å². The molecule has 3 aromatic rings. The predicted octanol–water partition coefficient (Wildman–Crippen LogP) is 3.20. The van der Waals surface area contributed by atoms with Gasteiger partial charge in [0.15, 0.2) is 11.5 Å². The summed E-state index contributed by atoms with van der Waals surface area (Å²) in [6.07, 6.45) is 0. The Bertz CT molecular complexity index is 1030. The predicted molar refractivity (Wildman–Crippen MR) is 103 cm³/mol. The van der Waals surface area contributed by atoms with Crippen LogP contribution in [0.4, 0.5) is 10.8 Å². The van der Waals surface area contributed by atoms with Crippen LogP contribution >= 0.6 is 11.3 Å². The zero-order valence-electron chi connectivity index (χ0n) is 14.6. The molecule has 0 aliphatic carbocycles. The second kappa shape index (κ2) is 8.73. The average Bonchev–Trinajstić information content (AvgIpc) is 3.20. The molecule has 1 atom stereocenters. The molecule has 0 aliphatic rings. The molecule has 1 N–H and O–H groups in total. The van der Waals surface area contributed by atoms with E-state index >= 15 is 0 Å². The van der Waals surface area contributed by atoms with E-state index in [2.05, 4.69) is 15.7 Å². The first-order valence-electron chi connectivity index (χ1n) is 7.67. The van der Waals surface area contributed by atoms with E-state index in [4.69, 9.17) is 13.8 Å². The van der Waals surface area contributed by atoms with E-state index < -0.39 is 16.0 Å². The van der Waals surface area contributed by atoms with E-state index in [1.165, 1.54) is 32.4 Å². The number of ether oxygens (including phenoxy) is 2. The molecule has 0 bridgehead atoms. The highest BCUT2D eigenvalue weighted by molar-refractivity contribution is 7.80. The molecule has 1 heterocycles. The maximum atomic E-state index is 12.3. The number of methoxy groups -OCH3 is 2. The summed E-state index contributed by atoms with van der Waals surface area (Å²) in [7, 11) is 2.97. The molecule has 146 valence electrons. The minimum atomic E-state index is -1.85. The van der Waals surface area contributed by atoms with E-state index in [0.29, 0.717) is 27.0 Å². The molecule has 0 fully saturated rings. The third-order valence-electron chi connectivity index (χ3n) is 3.48. The molecular formula is C16H14N4O6S2. The van der Waals surface area contributed by atoms with Gasteiger partial charge in [-0.15, -0.1) is 10.2 Å². The molecule has 1 unspecified atom stereocenters. The minimum absolute atomic E-state index is 0.0481. The number of non-ortho nitro benzene ring substituents is 1. The lowest BCUT2D eigenvalue weighted by molar-refractivity contribution is -0.384. The Morgan fingerprint density at radius 2 is 1.89 bits per heavy atom. The maximum Gasteiger partial charge on any atom is 0.270 e. The van der Waals surface area contributed by atoms with E-state index in [1.54, 1.807) is 24.3 Å². The molecule has 0 aliphatic heterocycles. The number of nitrogens with one attached hydrogen (secondary N) is 1. The molecule has 1 aromatic heterocycles. The van der Waals surface area contributed by atoms with Gasteiger partial charge in [-0.25, -0.2) is 9.69 Å². The van der Waals surface area contributed by atoms with Crippen LogP contribution in [-0.2, 0) is 15.4 Å². The van der Waals surface area contributed by atoms with Crippen molar-refractivity contribution in [2.75, 3.05) is 19.7 Å². The van der Waals surface area contributed by atoms with Crippen LogP contribution in [-0.4, -0.2) is 33.5 Å². The zero-order chi connectivity index (χ0) is 20.1. The maximum absolute atomic E-state index is 12.3. The van der Waals surface area contributed by atoms with Crippen molar-refractivity contribution in [3.8, 4) is 22.1 Å². The third kappa shape index (κ3) is 4.42. The Morgan fingerprint density at radius 1 is 1.11 bits per heavy atom. The first kappa shape index (κ1) is 19.7. The Kier molecular flexibility index (Phi) is 6.13. The zero-order valence-corrected chi connectivity index (χ0v) is 16.3. The smallest absolute Gasteiger partial charge is 0.270 e. The quantitative estimate of drug-likeness (QED) is 0.430. The fraction of sp³-hybridized carbons (Fsp3) is 0.125. The average molecular weight is 422 g/mol. The molecule has 0 amide bonds. The van der Waals surface area contributed by atoms with Gasteiger partial charge in [0.25, 0.3) is 5.69 Å². The van der Waals surface area contributed by atoms with Gasteiger partial charge >= 0.3 is 0 Å². The van der Waals surface area contributed by atoms with Crippen LogP contribution < -0.4 is 15.0 Å². The molecule has 0 saturated carbocycles. The molecular weight excluding hydrogens is 408 g/mol. The lowest BCUT2D eigenvalue weighted by Crippen LogP contribution is -2.05. The van der Waals surface area contributed by atoms with Crippen molar-refractivity contribution in [3.63, 3.8) is 0 Å². The van der Waals surface area contributed by atoms with Gasteiger partial charge in [0, 0.05) is 23.8 Å². The van der Waals surface area contributed by atoms with Crippen LogP contribution in [0.25, 0.3) is 10.6 Å². The van der Waals surface area contributed by atoms with Crippen LogP contribution in [0.5, 0.6) is 11.5 Å². The van der Waals surface area contributed by atoms with Gasteiger partial charge in [0.2, 0.25) is 16.2 Å². The van der Waals surface area contributed by atoms with Gasteiger partial charge in [-0.2, -0.15) is 4.28 Å². The van der Waals surface area contributed by atoms with E-state index in [-0.39, 0.29) is 10.8 Å². The minimum Gasteiger partial charge on any atom is -0.493 e. The number of hydrogen-bond donors (Lipinski definition) is 1. The van der Waals surface area contributed by atoms with Crippen molar-refractivity contribution in [2.24, 2.45) is 0 Å². The second-order valence-electron chi connectivity index (χ2n) is 5.16. The molecule has 0 spiro atoms. The third-order valence-corrected chi connectivity index (χ3v) is 5.22. The highest BCUT2D eigenvalue weighted by Gasteiger charge is 2.14. The lowest BCUT2D eigenvalue weighted by Gasteiger charge is -2.09. The van der Waals surface area contributed by atoms with Crippen molar-refractivity contribution in [3.05, 3.63) is 52.6 Å². The first-order chi connectivity index (χ1) is 13.5. The molecule has 0 saturated heterocycles. The summed E-state index contributed by atoms with van der Waals surface area (Å²) in [6.45, 7) is 0. The summed E-state index contributed by atoms with van der Waals surface area (Å²) in [5.74, 6) is 0.919. The summed E-state index contributed by atoms with van der Waals surface area (Å²) in [5, 5.41) is 19.4. The SMILES string of the molecule is COc1ccc(S(=O)ONc2nnc(-c3cccc([N+](=O)[O-])c3)s2)cc1OC. The highest BCUT2D eigenvalue weighted by Crippen LogP contribution is 2.30. The molecule has 0 radical (unpaired) electrons. The van der Waals surface area contributed by atoms with Crippen molar-refractivity contribution >= 4 is 33.2 Å². The van der Waals surface area contributed by atoms with Crippen LogP contribution in [0, 0.1) is 10.1 Å². The van der Waals surface area contributed by atoms with Gasteiger partial charge in [0.05, 0.1) is 24.0 Å². The number of rotatable bonds is 8. The number of benzene rings is 2. The van der Waals surface area contributed by atoms with Gasteiger partial charge in [-0.1, -0.05) is 23.5 Å². The number of nitrogens with zero attached hydrogens (tertiary/aromatic N) is 3. The second-order valence-corrected chi connectivity index (χ2v) is 7.24. The Morgan fingerprint density at radius 3 is 2.61 bits per heavy atom. The van der Waals surface area contributed by atoms with Crippen LogP contribution in [0.3, 0.4) is 0 Å². The van der Waals surface area contributed by atoms with Crippen molar-refractivity contribution in [2.45, 2.75) is 4.90 Å². The van der Waals surface area contributed by atoms with Gasteiger partial charge in [0.1, 0.15) is 5.01 Å². The van der Waals surface area contributed by atoms with Crippen LogP contribution in [0.1, 0.15) is 0 Å². The lowest BCUT2D eigenvalue weighted by atomic mass is 10.2. The van der Waals surface area contributed by atoms with Gasteiger partial charge in [-0.05, 0) is 12.1 Å². The largest absolute Gasteiger partial charge is 0.493 e. The fourth-order valence-corrected chi connectivity index (χ4v) is 3.54. The number of nitro groups is 1. The van der Waals surface area contributed by atoms with E-state index in [0.717, 1.165) is 11.3 Å². The fourth-order valence-electron chi connectivity index (χ4n) is 2.18. The summed E-state index contributed by atoms with van der Waals surface area (Å²) in [5.41, 5.74) is 2.97.